The Bertz CT molecular complexity index is 1150. The highest BCUT2D eigenvalue weighted by atomic mass is 16.2. The molecule has 0 saturated heterocycles. The molecular weight excluding hydrogens is 382 g/mol. The number of nitrogens with zero attached hydrogens (tertiary/aromatic N) is 7. The quantitative estimate of drug-likeness (QED) is 0.659. The Kier molecular flexibility index (Phi) is 5.02. The van der Waals surface area contributed by atoms with Crippen molar-refractivity contribution in [1.29, 1.82) is 5.26 Å². The Hall–Kier alpha value is -4.00. The van der Waals surface area contributed by atoms with Crippen LogP contribution < -0.4 is 15.5 Å². The molecule has 3 aromatic heterocycles. The van der Waals surface area contributed by atoms with Gasteiger partial charge < -0.3 is 15.5 Å². The molecule has 0 spiro atoms. The maximum atomic E-state index is 12.0. The highest BCUT2D eigenvalue weighted by Gasteiger charge is 2.30. The molecule has 10 heteroatoms. The predicted molar refractivity (Wildman–Crippen MR) is 111 cm³/mol. The van der Waals surface area contributed by atoms with Crippen molar-refractivity contribution >= 4 is 23.4 Å². The van der Waals surface area contributed by atoms with Crippen LogP contribution in [0.25, 0.3) is 0 Å². The van der Waals surface area contributed by atoms with Crippen molar-refractivity contribution in [3.63, 3.8) is 0 Å². The lowest BCUT2D eigenvalue weighted by Crippen LogP contribution is -2.44. The lowest BCUT2D eigenvalue weighted by molar-refractivity contribution is -0.117. The molecule has 0 aromatic carbocycles. The number of nitriles is 1. The molecule has 0 unspecified atom stereocenters. The maximum Gasteiger partial charge on any atom is 0.246 e. The number of pyridine rings is 1. The average Bonchev–Trinajstić information content (AvgIpc) is 3.19. The zero-order chi connectivity index (χ0) is 21.3. The van der Waals surface area contributed by atoms with Crippen molar-refractivity contribution < 1.29 is 4.79 Å². The number of carbonyl (C=O) groups is 1. The first-order valence-corrected chi connectivity index (χ1v) is 9.47. The number of aromatic nitrogens is 5. The molecule has 2 N–H and O–H groups in total. The summed E-state index contributed by atoms with van der Waals surface area (Å²) in [5.74, 6) is 1.11. The van der Waals surface area contributed by atoms with Gasteiger partial charge in [0.25, 0.3) is 0 Å². The van der Waals surface area contributed by atoms with Gasteiger partial charge in [0.15, 0.2) is 5.82 Å². The van der Waals surface area contributed by atoms with E-state index in [1.165, 1.54) is 0 Å². The van der Waals surface area contributed by atoms with Gasteiger partial charge in [-0.1, -0.05) is 0 Å². The number of carbonyl (C=O) groups excluding carboxylic acids is 1. The summed E-state index contributed by atoms with van der Waals surface area (Å²) < 4.78 is 1.80. The molecule has 0 fully saturated rings. The molecule has 1 atom stereocenters. The van der Waals surface area contributed by atoms with Crippen LogP contribution in [0.1, 0.15) is 29.4 Å². The summed E-state index contributed by atoms with van der Waals surface area (Å²) in [6.45, 7) is 4.73. The topological polar surface area (TPSA) is 125 Å². The third-order valence-electron chi connectivity index (χ3n) is 5.03. The molecule has 0 saturated carbocycles. The van der Waals surface area contributed by atoms with Gasteiger partial charge in [-0.3, -0.25) is 9.48 Å². The smallest absolute Gasteiger partial charge is 0.246 e. The Morgan fingerprint density at radius 2 is 2.17 bits per heavy atom. The van der Waals surface area contributed by atoms with Crippen molar-refractivity contribution in [2.45, 2.75) is 33.0 Å². The molecule has 3 aromatic rings. The first kappa shape index (κ1) is 19.3. The van der Waals surface area contributed by atoms with Gasteiger partial charge in [0.05, 0.1) is 18.4 Å². The van der Waals surface area contributed by atoms with E-state index in [2.05, 4.69) is 30.7 Å². The molecule has 1 aliphatic rings. The third kappa shape index (κ3) is 3.77. The van der Waals surface area contributed by atoms with Gasteiger partial charge in [-0.05, 0) is 31.5 Å². The van der Waals surface area contributed by atoms with Crippen molar-refractivity contribution in [3.8, 4) is 6.07 Å². The Morgan fingerprint density at radius 1 is 1.33 bits per heavy atom. The van der Waals surface area contributed by atoms with E-state index in [1.807, 2.05) is 44.1 Å². The highest BCUT2D eigenvalue weighted by Crippen LogP contribution is 2.32. The second-order valence-corrected chi connectivity index (χ2v) is 7.17. The lowest BCUT2D eigenvalue weighted by atomic mass is 10.2. The Labute approximate surface area is 173 Å². The fourth-order valence-corrected chi connectivity index (χ4v) is 3.21. The van der Waals surface area contributed by atoms with Crippen LogP contribution in [0.4, 0.5) is 17.5 Å². The number of aryl methyl sites for hydroxylation is 1. The van der Waals surface area contributed by atoms with E-state index in [4.69, 9.17) is 5.26 Å². The molecule has 0 radical (unpaired) electrons. The van der Waals surface area contributed by atoms with Gasteiger partial charge in [0.1, 0.15) is 23.5 Å². The van der Waals surface area contributed by atoms with Crippen LogP contribution in [0.3, 0.4) is 0 Å². The van der Waals surface area contributed by atoms with E-state index >= 15 is 0 Å². The molecule has 10 nitrogen and oxygen atoms in total. The number of hydrogen-bond acceptors (Lipinski definition) is 8. The summed E-state index contributed by atoms with van der Waals surface area (Å²) >= 11 is 0. The Morgan fingerprint density at radius 3 is 2.97 bits per heavy atom. The zero-order valence-corrected chi connectivity index (χ0v) is 16.9. The second-order valence-electron chi connectivity index (χ2n) is 7.17. The minimum atomic E-state index is -0.299. The molecular formula is C20H21N9O. The third-order valence-corrected chi connectivity index (χ3v) is 5.03. The van der Waals surface area contributed by atoms with Crippen molar-refractivity contribution in [2.75, 3.05) is 22.6 Å². The van der Waals surface area contributed by atoms with Gasteiger partial charge in [-0.2, -0.15) is 15.3 Å². The van der Waals surface area contributed by atoms with Crippen LogP contribution in [0.5, 0.6) is 0 Å². The van der Waals surface area contributed by atoms with Gasteiger partial charge in [-0.25, -0.2) is 9.97 Å². The van der Waals surface area contributed by atoms with Crippen LogP contribution in [0, 0.1) is 18.3 Å². The molecule has 1 aliphatic heterocycles. The fraction of sp³-hybridized carbons (Fsp3) is 0.300. The van der Waals surface area contributed by atoms with Crippen molar-refractivity contribution in [2.24, 2.45) is 0 Å². The van der Waals surface area contributed by atoms with Gasteiger partial charge in [0.2, 0.25) is 11.9 Å². The van der Waals surface area contributed by atoms with Gasteiger partial charge in [0, 0.05) is 31.5 Å². The lowest BCUT2D eigenvalue weighted by Gasteiger charge is -2.32. The molecule has 1 amide bonds. The maximum absolute atomic E-state index is 12.0. The SMILES string of the molecule is Cc1nc(NCc2cnn(Cc3ccnc(C#N)c3)c2)nc2c1NC(=O)[C@@H](C)N2C. The van der Waals surface area contributed by atoms with Crippen LogP contribution >= 0.6 is 0 Å². The molecule has 0 bridgehead atoms. The fourth-order valence-electron chi connectivity index (χ4n) is 3.21. The second kappa shape index (κ2) is 7.79. The number of rotatable bonds is 5. The number of nitrogens with one attached hydrogen (secondary N) is 2. The summed E-state index contributed by atoms with van der Waals surface area (Å²) in [7, 11) is 1.85. The van der Waals surface area contributed by atoms with Crippen LogP contribution in [-0.4, -0.2) is 43.7 Å². The van der Waals surface area contributed by atoms with E-state index in [-0.39, 0.29) is 11.9 Å². The highest BCUT2D eigenvalue weighted by molar-refractivity contribution is 6.03. The van der Waals surface area contributed by atoms with Crippen molar-refractivity contribution in [1.82, 2.24) is 24.7 Å². The van der Waals surface area contributed by atoms with E-state index in [9.17, 15) is 4.79 Å². The van der Waals surface area contributed by atoms with Crippen LogP contribution in [0.15, 0.2) is 30.7 Å². The molecule has 4 rings (SSSR count). The largest absolute Gasteiger partial charge is 0.350 e. The minimum Gasteiger partial charge on any atom is -0.350 e. The van der Waals surface area contributed by atoms with E-state index < -0.39 is 0 Å². The summed E-state index contributed by atoms with van der Waals surface area (Å²) in [5.41, 5.74) is 3.66. The molecule has 30 heavy (non-hydrogen) atoms. The zero-order valence-electron chi connectivity index (χ0n) is 16.9. The van der Waals surface area contributed by atoms with Gasteiger partial charge >= 0.3 is 0 Å². The molecule has 152 valence electrons. The average molecular weight is 403 g/mol. The number of fused-ring (bicyclic) bond motifs is 1. The monoisotopic (exact) mass is 403 g/mol. The Balaban J connectivity index is 1.45. The van der Waals surface area contributed by atoms with E-state index in [0.29, 0.717) is 41.9 Å². The number of amides is 1. The summed E-state index contributed by atoms with van der Waals surface area (Å²) in [6, 6.07) is 5.35. The van der Waals surface area contributed by atoms with Crippen molar-refractivity contribution in [3.05, 3.63) is 53.2 Å². The molecule has 0 aliphatic carbocycles. The first-order valence-electron chi connectivity index (χ1n) is 9.47. The number of hydrogen-bond donors (Lipinski definition) is 2. The number of likely N-dealkylation sites (N-methyl/N-ethyl adjacent to an activating group) is 1. The first-order chi connectivity index (χ1) is 14.4. The predicted octanol–water partition coefficient (Wildman–Crippen LogP) is 1.69. The van der Waals surface area contributed by atoms with Gasteiger partial charge in [-0.15, -0.1) is 0 Å². The normalized spacial score (nSPS) is 15.3. The van der Waals surface area contributed by atoms with E-state index in [0.717, 1.165) is 11.1 Å². The van der Waals surface area contributed by atoms with E-state index in [1.54, 1.807) is 23.1 Å². The number of anilines is 3. The molecule has 4 heterocycles. The summed E-state index contributed by atoms with van der Waals surface area (Å²) in [6.07, 6.45) is 5.33. The summed E-state index contributed by atoms with van der Waals surface area (Å²) in [5, 5.41) is 19.4. The van der Waals surface area contributed by atoms with Crippen LogP contribution in [0.2, 0.25) is 0 Å². The standard InChI is InChI=1S/C20H21N9O/c1-12-17-18(28(3)13(2)19(30)26-17)27-20(25-12)23-8-15-9-24-29(11-15)10-14-4-5-22-16(6-14)7-21/h4-6,9,11,13H,8,10H2,1-3H3,(H,26,30)(H,23,25,27)/t13-/m1/s1. The minimum absolute atomic E-state index is 0.0686. The summed E-state index contributed by atoms with van der Waals surface area (Å²) in [4.78, 5) is 26.9. The van der Waals surface area contributed by atoms with Crippen LogP contribution in [-0.2, 0) is 17.9 Å².